The molecular formula is C32H50N4. The zero-order valence-corrected chi connectivity index (χ0v) is 22.5. The van der Waals surface area contributed by atoms with Gasteiger partial charge in [0, 0.05) is 13.1 Å². The fraction of sp³-hybridized carbons (Fsp3) is 0.562. The third kappa shape index (κ3) is 9.15. The minimum absolute atomic E-state index is 0.828. The molecule has 0 aliphatic carbocycles. The van der Waals surface area contributed by atoms with Crippen LogP contribution in [-0.4, -0.2) is 26.2 Å². The topological polar surface area (TPSA) is 76.1 Å². The molecule has 3 aromatic rings. The van der Waals surface area contributed by atoms with Crippen LogP contribution in [-0.2, 0) is 13.1 Å². The predicted molar refractivity (Wildman–Crippen MR) is 158 cm³/mol. The molecule has 3 rings (SSSR count). The van der Waals surface area contributed by atoms with Gasteiger partial charge in [-0.3, -0.25) is 0 Å². The summed E-state index contributed by atoms with van der Waals surface area (Å²) >= 11 is 0. The molecule has 0 radical (unpaired) electrons. The first kappa shape index (κ1) is 28.6. The van der Waals surface area contributed by atoms with E-state index in [1.54, 1.807) is 0 Å². The lowest BCUT2D eigenvalue weighted by Gasteiger charge is -2.18. The summed E-state index contributed by atoms with van der Waals surface area (Å²) in [5.74, 6) is 0. The number of nitrogens with two attached hydrogens (primary N) is 2. The Hall–Kier alpha value is -1.98. The van der Waals surface area contributed by atoms with Crippen molar-refractivity contribution in [3.8, 4) is 0 Å². The Kier molecular flexibility index (Phi) is 13.9. The van der Waals surface area contributed by atoms with E-state index in [1.807, 2.05) is 0 Å². The van der Waals surface area contributed by atoms with Crippen LogP contribution in [0.4, 0.5) is 0 Å². The Balaban J connectivity index is 1.58. The molecule has 0 bridgehead atoms. The van der Waals surface area contributed by atoms with Crippen molar-refractivity contribution in [3.63, 3.8) is 0 Å². The molecule has 6 N–H and O–H groups in total. The molecule has 36 heavy (non-hydrogen) atoms. The molecule has 0 saturated heterocycles. The van der Waals surface area contributed by atoms with Gasteiger partial charge in [-0.1, -0.05) is 99.9 Å². The standard InChI is InChI=1S/C32H50N4/c33-21-13-5-1-3-7-15-23-35-25-31-27-17-9-11-19-29(27)32(30-20-12-10-18-28(30)31)26-36-24-16-8-4-2-6-14-22-34/h9-12,17-20,35-36H,1-8,13-16,21-26,33-34H2. The number of hydrogen-bond donors (Lipinski definition) is 4. The molecule has 3 aromatic carbocycles. The van der Waals surface area contributed by atoms with Crippen LogP contribution in [0.1, 0.15) is 88.2 Å². The summed E-state index contributed by atoms with van der Waals surface area (Å²) in [6.45, 7) is 5.66. The van der Waals surface area contributed by atoms with Crippen LogP contribution in [0.25, 0.3) is 21.5 Å². The van der Waals surface area contributed by atoms with E-state index in [0.717, 1.165) is 39.3 Å². The Bertz CT molecular complexity index is 863. The molecule has 4 nitrogen and oxygen atoms in total. The highest BCUT2D eigenvalue weighted by Crippen LogP contribution is 2.33. The summed E-state index contributed by atoms with van der Waals surface area (Å²) in [6, 6.07) is 18.0. The van der Waals surface area contributed by atoms with Crippen molar-refractivity contribution in [1.82, 2.24) is 10.6 Å². The fourth-order valence-corrected chi connectivity index (χ4v) is 5.32. The van der Waals surface area contributed by atoms with Gasteiger partial charge < -0.3 is 22.1 Å². The van der Waals surface area contributed by atoms with Gasteiger partial charge in [-0.05, 0) is 84.5 Å². The number of benzene rings is 3. The van der Waals surface area contributed by atoms with Crippen LogP contribution in [0, 0.1) is 0 Å². The molecular weight excluding hydrogens is 440 g/mol. The van der Waals surface area contributed by atoms with Crippen LogP contribution in [0.5, 0.6) is 0 Å². The second kappa shape index (κ2) is 17.5. The maximum atomic E-state index is 5.59. The zero-order chi connectivity index (χ0) is 25.3. The zero-order valence-electron chi connectivity index (χ0n) is 22.5. The van der Waals surface area contributed by atoms with Gasteiger partial charge in [-0.2, -0.15) is 0 Å². The second-order valence-electron chi connectivity index (χ2n) is 10.2. The van der Waals surface area contributed by atoms with Crippen molar-refractivity contribution in [2.75, 3.05) is 26.2 Å². The summed E-state index contributed by atoms with van der Waals surface area (Å²) in [5.41, 5.74) is 14.1. The largest absolute Gasteiger partial charge is 0.330 e. The molecule has 0 spiro atoms. The Morgan fingerprint density at radius 1 is 0.417 bits per heavy atom. The summed E-state index contributed by atoms with van der Waals surface area (Å²) in [7, 11) is 0. The minimum Gasteiger partial charge on any atom is -0.330 e. The first-order valence-corrected chi connectivity index (χ1v) is 14.6. The van der Waals surface area contributed by atoms with E-state index >= 15 is 0 Å². The van der Waals surface area contributed by atoms with E-state index in [2.05, 4.69) is 59.2 Å². The maximum absolute atomic E-state index is 5.59. The lowest BCUT2D eigenvalue weighted by atomic mass is 9.91. The first-order valence-electron chi connectivity index (χ1n) is 14.6. The van der Waals surface area contributed by atoms with Crippen LogP contribution in [0.15, 0.2) is 48.5 Å². The minimum atomic E-state index is 0.828. The molecule has 0 amide bonds. The van der Waals surface area contributed by atoms with E-state index in [0.29, 0.717) is 0 Å². The van der Waals surface area contributed by atoms with Crippen molar-refractivity contribution in [2.45, 2.75) is 90.1 Å². The number of fused-ring (bicyclic) bond motifs is 2. The van der Waals surface area contributed by atoms with Crippen LogP contribution in [0.3, 0.4) is 0 Å². The third-order valence-electron chi connectivity index (χ3n) is 7.37. The Labute approximate surface area is 219 Å². The molecule has 0 saturated carbocycles. The lowest BCUT2D eigenvalue weighted by molar-refractivity contribution is 0.567. The van der Waals surface area contributed by atoms with E-state index in [9.17, 15) is 0 Å². The average Bonchev–Trinajstić information content (AvgIpc) is 2.91. The van der Waals surface area contributed by atoms with Gasteiger partial charge in [-0.25, -0.2) is 0 Å². The Morgan fingerprint density at radius 3 is 1.06 bits per heavy atom. The quantitative estimate of drug-likeness (QED) is 0.104. The predicted octanol–water partition coefficient (Wildman–Crippen LogP) is 6.77. The van der Waals surface area contributed by atoms with Crippen molar-refractivity contribution in [1.29, 1.82) is 0 Å². The van der Waals surface area contributed by atoms with Gasteiger partial charge in [0.05, 0.1) is 0 Å². The van der Waals surface area contributed by atoms with Crippen molar-refractivity contribution in [2.24, 2.45) is 11.5 Å². The van der Waals surface area contributed by atoms with E-state index in [1.165, 1.54) is 110 Å². The monoisotopic (exact) mass is 490 g/mol. The first-order chi connectivity index (χ1) is 17.9. The number of nitrogens with one attached hydrogen (secondary N) is 2. The molecule has 0 atom stereocenters. The maximum Gasteiger partial charge on any atom is 0.0217 e. The van der Waals surface area contributed by atoms with Gasteiger partial charge in [0.2, 0.25) is 0 Å². The highest BCUT2D eigenvalue weighted by molar-refractivity contribution is 6.05. The second-order valence-corrected chi connectivity index (χ2v) is 10.2. The highest BCUT2D eigenvalue weighted by atomic mass is 14.9. The van der Waals surface area contributed by atoms with Gasteiger partial charge >= 0.3 is 0 Å². The molecule has 0 aromatic heterocycles. The fourth-order valence-electron chi connectivity index (χ4n) is 5.32. The SMILES string of the molecule is NCCCCCCCCNCc1c2ccccc2c(CNCCCCCCCCN)c2ccccc12. The van der Waals surface area contributed by atoms with E-state index in [-0.39, 0.29) is 0 Å². The number of hydrogen-bond acceptors (Lipinski definition) is 4. The van der Waals surface area contributed by atoms with Gasteiger partial charge in [-0.15, -0.1) is 0 Å². The lowest BCUT2D eigenvalue weighted by Crippen LogP contribution is -2.17. The Morgan fingerprint density at radius 2 is 0.722 bits per heavy atom. The smallest absolute Gasteiger partial charge is 0.0217 e. The van der Waals surface area contributed by atoms with Crippen molar-refractivity contribution < 1.29 is 0 Å². The summed E-state index contributed by atoms with van der Waals surface area (Å²) in [6.07, 6.45) is 15.3. The van der Waals surface area contributed by atoms with Gasteiger partial charge in [0.15, 0.2) is 0 Å². The van der Waals surface area contributed by atoms with Crippen LogP contribution in [0.2, 0.25) is 0 Å². The molecule has 0 fully saturated rings. The normalized spacial score (nSPS) is 11.6. The molecule has 198 valence electrons. The summed E-state index contributed by atoms with van der Waals surface area (Å²) in [4.78, 5) is 0. The average molecular weight is 491 g/mol. The highest BCUT2D eigenvalue weighted by Gasteiger charge is 2.13. The van der Waals surface area contributed by atoms with Gasteiger partial charge in [0.1, 0.15) is 0 Å². The molecule has 0 unspecified atom stereocenters. The van der Waals surface area contributed by atoms with Crippen LogP contribution < -0.4 is 22.1 Å². The molecule has 4 heteroatoms. The van der Waals surface area contributed by atoms with E-state index < -0.39 is 0 Å². The summed E-state index contributed by atoms with van der Waals surface area (Å²) < 4.78 is 0. The van der Waals surface area contributed by atoms with Gasteiger partial charge in [0.25, 0.3) is 0 Å². The summed E-state index contributed by atoms with van der Waals surface area (Å²) in [5, 5.41) is 13.1. The number of unbranched alkanes of at least 4 members (excludes halogenated alkanes) is 10. The van der Waals surface area contributed by atoms with Crippen molar-refractivity contribution >= 4 is 21.5 Å². The molecule has 0 heterocycles. The molecule has 0 aliphatic rings. The third-order valence-corrected chi connectivity index (χ3v) is 7.37. The van der Waals surface area contributed by atoms with E-state index in [4.69, 9.17) is 11.5 Å². The molecule has 0 aliphatic heterocycles. The number of rotatable bonds is 20. The van der Waals surface area contributed by atoms with Crippen LogP contribution >= 0.6 is 0 Å². The van der Waals surface area contributed by atoms with Crippen molar-refractivity contribution in [3.05, 3.63) is 59.7 Å².